The van der Waals surface area contributed by atoms with Gasteiger partial charge >= 0.3 is 0 Å². The Morgan fingerprint density at radius 1 is 1.21 bits per heavy atom. The van der Waals surface area contributed by atoms with E-state index in [1.807, 2.05) is 30.9 Å². The lowest BCUT2D eigenvalue weighted by Crippen LogP contribution is -2.38. The van der Waals surface area contributed by atoms with Crippen molar-refractivity contribution in [1.82, 2.24) is 29.6 Å². The molecule has 8 heteroatoms. The molecule has 146 valence electrons. The number of pyridine rings is 1. The van der Waals surface area contributed by atoms with Crippen LogP contribution in [-0.2, 0) is 0 Å². The third-order valence-electron chi connectivity index (χ3n) is 5.09. The first-order chi connectivity index (χ1) is 13.5. The summed E-state index contributed by atoms with van der Waals surface area (Å²) in [6.07, 6.45) is 7.12. The minimum Gasteiger partial charge on any atom is -0.337 e. The first-order valence-electron chi connectivity index (χ1n) is 9.65. The highest BCUT2D eigenvalue weighted by Gasteiger charge is 2.23. The van der Waals surface area contributed by atoms with Crippen LogP contribution in [0.25, 0.3) is 17.3 Å². The second-order valence-electron chi connectivity index (χ2n) is 7.66. The molecule has 0 saturated carbocycles. The standard InChI is InChI=1S/C20H24N6O2/c1-13(2)18-23-19(28-24-18)15-4-5-17(21-10-15)26-11-16(22-12-26)20(27)25-8-6-14(3)7-9-25/h4-5,10-14H,6-9H2,1-3H3. The predicted molar refractivity (Wildman–Crippen MR) is 103 cm³/mol. The maximum Gasteiger partial charge on any atom is 0.274 e. The molecular weight excluding hydrogens is 356 g/mol. The van der Waals surface area contributed by atoms with Crippen LogP contribution in [0.5, 0.6) is 0 Å². The molecule has 0 spiro atoms. The first-order valence-corrected chi connectivity index (χ1v) is 9.65. The highest BCUT2D eigenvalue weighted by molar-refractivity contribution is 5.92. The lowest BCUT2D eigenvalue weighted by molar-refractivity contribution is 0.0692. The molecule has 1 aliphatic heterocycles. The lowest BCUT2D eigenvalue weighted by atomic mass is 9.99. The average molecular weight is 380 g/mol. The van der Waals surface area contributed by atoms with Crippen molar-refractivity contribution in [2.75, 3.05) is 13.1 Å². The van der Waals surface area contributed by atoms with E-state index in [0.717, 1.165) is 31.5 Å². The van der Waals surface area contributed by atoms with Crippen molar-refractivity contribution < 1.29 is 9.32 Å². The summed E-state index contributed by atoms with van der Waals surface area (Å²) in [6, 6.07) is 3.71. The van der Waals surface area contributed by atoms with E-state index in [-0.39, 0.29) is 11.8 Å². The predicted octanol–water partition coefficient (Wildman–Crippen LogP) is 3.31. The van der Waals surface area contributed by atoms with Gasteiger partial charge in [0, 0.05) is 31.4 Å². The van der Waals surface area contributed by atoms with E-state index in [1.165, 1.54) is 0 Å². The van der Waals surface area contributed by atoms with E-state index in [9.17, 15) is 4.79 Å². The van der Waals surface area contributed by atoms with Crippen molar-refractivity contribution in [1.29, 1.82) is 0 Å². The van der Waals surface area contributed by atoms with E-state index >= 15 is 0 Å². The SMILES string of the molecule is CC1CCN(C(=O)c2cn(-c3ccc(-c4nc(C(C)C)no4)cn3)cn2)CC1. The summed E-state index contributed by atoms with van der Waals surface area (Å²) in [6.45, 7) is 7.84. The van der Waals surface area contributed by atoms with E-state index in [1.54, 1.807) is 23.3 Å². The molecule has 1 aliphatic rings. The number of rotatable bonds is 4. The summed E-state index contributed by atoms with van der Waals surface area (Å²) in [5.74, 6) is 2.66. The molecule has 0 aromatic carbocycles. The van der Waals surface area contributed by atoms with Crippen LogP contribution in [-0.4, -0.2) is 48.6 Å². The Kier molecular flexibility index (Phi) is 4.93. The third kappa shape index (κ3) is 3.67. The molecule has 1 fully saturated rings. The molecule has 3 aromatic heterocycles. The fraction of sp³-hybridized carbons (Fsp3) is 0.450. The summed E-state index contributed by atoms with van der Waals surface area (Å²) in [7, 11) is 0. The second kappa shape index (κ2) is 7.53. The number of hydrogen-bond donors (Lipinski definition) is 0. The molecule has 0 atom stereocenters. The van der Waals surface area contributed by atoms with Crippen molar-refractivity contribution in [2.24, 2.45) is 5.92 Å². The molecule has 0 unspecified atom stereocenters. The minimum absolute atomic E-state index is 0.0191. The van der Waals surface area contributed by atoms with Gasteiger partial charge in [0.25, 0.3) is 11.8 Å². The Hall–Kier alpha value is -3.03. The number of piperidine rings is 1. The van der Waals surface area contributed by atoms with Crippen molar-refractivity contribution in [3.63, 3.8) is 0 Å². The molecule has 1 amide bonds. The molecule has 1 saturated heterocycles. The van der Waals surface area contributed by atoms with Crippen LogP contribution < -0.4 is 0 Å². The van der Waals surface area contributed by atoms with Crippen molar-refractivity contribution >= 4 is 5.91 Å². The van der Waals surface area contributed by atoms with Gasteiger partial charge in [-0.25, -0.2) is 9.97 Å². The molecular formula is C20H24N6O2. The minimum atomic E-state index is -0.0191. The Balaban J connectivity index is 1.48. The summed E-state index contributed by atoms with van der Waals surface area (Å²) in [4.78, 5) is 27.6. The summed E-state index contributed by atoms with van der Waals surface area (Å²) >= 11 is 0. The summed E-state index contributed by atoms with van der Waals surface area (Å²) in [5, 5.41) is 3.97. The van der Waals surface area contributed by atoms with Gasteiger partial charge in [-0.3, -0.25) is 9.36 Å². The Morgan fingerprint density at radius 2 is 2.00 bits per heavy atom. The van der Waals surface area contributed by atoms with Gasteiger partial charge in [-0.1, -0.05) is 25.9 Å². The smallest absolute Gasteiger partial charge is 0.274 e. The number of carbonyl (C=O) groups excluding carboxylic acids is 1. The van der Waals surface area contributed by atoms with Crippen molar-refractivity contribution in [3.05, 3.63) is 42.4 Å². The monoisotopic (exact) mass is 380 g/mol. The van der Waals surface area contributed by atoms with Crippen LogP contribution in [0.15, 0.2) is 35.4 Å². The average Bonchev–Trinajstić information content (AvgIpc) is 3.38. The van der Waals surface area contributed by atoms with E-state index in [4.69, 9.17) is 4.52 Å². The van der Waals surface area contributed by atoms with Gasteiger partial charge in [0.05, 0.1) is 5.56 Å². The topological polar surface area (TPSA) is 89.9 Å². The number of aromatic nitrogens is 5. The van der Waals surface area contributed by atoms with Gasteiger partial charge < -0.3 is 9.42 Å². The molecule has 3 aromatic rings. The number of carbonyl (C=O) groups is 1. The second-order valence-corrected chi connectivity index (χ2v) is 7.66. The highest BCUT2D eigenvalue weighted by Crippen LogP contribution is 2.21. The van der Waals surface area contributed by atoms with Gasteiger partial charge in [0.2, 0.25) is 0 Å². The summed E-state index contributed by atoms with van der Waals surface area (Å²) in [5.41, 5.74) is 1.20. The Bertz CT molecular complexity index is 951. The number of hydrogen-bond acceptors (Lipinski definition) is 6. The molecule has 0 aliphatic carbocycles. The Labute approximate surface area is 163 Å². The van der Waals surface area contributed by atoms with Crippen LogP contribution in [0.1, 0.15) is 55.8 Å². The number of amides is 1. The highest BCUT2D eigenvalue weighted by atomic mass is 16.5. The summed E-state index contributed by atoms with van der Waals surface area (Å²) < 4.78 is 7.04. The van der Waals surface area contributed by atoms with E-state index in [2.05, 4.69) is 27.0 Å². The van der Waals surface area contributed by atoms with Crippen LogP contribution in [0.2, 0.25) is 0 Å². The normalized spacial score (nSPS) is 15.4. The molecule has 4 rings (SSSR count). The maximum atomic E-state index is 12.6. The molecule has 28 heavy (non-hydrogen) atoms. The molecule has 8 nitrogen and oxygen atoms in total. The van der Waals surface area contributed by atoms with Gasteiger partial charge in [-0.15, -0.1) is 0 Å². The number of imidazole rings is 1. The lowest BCUT2D eigenvalue weighted by Gasteiger charge is -2.29. The van der Waals surface area contributed by atoms with Gasteiger partial charge in [0.15, 0.2) is 5.82 Å². The van der Waals surface area contributed by atoms with Gasteiger partial charge in [0.1, 0.15) is 17.8 Å². The quantitative estimate of drug-likeness (QED) is 0.690. The zero-order chi connectivity index (χ0) is 19.7. The maximum absolute atomic E-state index is 12.6. The van der Waals surface area contributed by atoms with E-state index in [0.29, 0.717) is 29.1 Å². The zero-order valence-electron chi connectivity index (χ0n) is 16.4. The van der Waals surface area contributed by atoms with Crippen molar-refractivity contribution in [2.45, 2.75) is 39.5 Å². The first kappa shape index (κ1) is 18.3. The van der Waals surface area contributed by atoms with Crippen LogP contribution >= 0.6 is 0 Å². The number of nitrogens with zero attached hydrogens (tertiary/aromatic N) is 6. The third-order valence-corrected chi connectivity index (χ3v) is 5.09. The van der Waals surface area contributed by atoms with Crippen molar-refractivity contribution in [3.8, 4) is 17.3 Å². The largest absolute Gasteiger partial charge is 0.337 e. The van der Waals surface area contributed by atoms with Crippen LogP contribution in [0.3, 0.4) is 0 Å². The molecule has 4 heterocycles. The molecule has 0 radical (unpaired) electrons. The molecule has 0 bridgehead atoms. The molecule has 0 N–H and O–H groups in total. The zero-order valence-corrected chi connectivity index (χ0v) is 16.4. The Morgan fingerprint density at radius 3 is 2.64 bits per heavy atom. The van der Waals surface area contributed by atoms with E-state index < -0.39 is 0 Å². The fourth-order valence-electron chi connectivity index (χ4n) is 3.18. The number of likely N-dealkylation sites (tertiary alicyclic amines) is 1. The van der Waals surface area contributed by atoms with Crippen LogP contribution in [0.4, 0.5) is 0 Å². The van der Waals surface area contributed by atoms with Gasteiger partial charge in [-0.05, 0) is 30.9 Å². The van der Waals surface area contributed by atoms with Gasteiger partial charge in [-0.2, -0.15) is 4.98 Å². The van der Waals surface area contributed by atoms with Crippen LogP contribution in [0, 0.1) is 5.92 Å². The fourth-order valence-corrected chi connectivity index (χ4v) is 3.18.